The van der Waals surface area contributed by atoms with Crippen molar-refractivity contribution in [3.8, 4) is 0 Å². The minimum absolute atomic E-state index is 0.0984. The van der Waals surface area contributed by atoms with E-state index >= 15 is 0 Å². The predicted molar refractivity (Wildman–Crippen MR) is 85.6 cm³/mol. The maximum absolute atomic E-state index is 12.5. The van der Waals surface area contributed by atoms with Crippen molar-refractivity contribution in [1.82, 2.24) is 0 Å². The second kappa shape index (κ2) is 7.99. The molecule has 0 bridgehead atoms. The first-order valence-corrected chi connectivity index (χ1v) is 7.73. The molecule has 0 unspecified atom stereocenters. The lowest BCUT2D eigenvalue weighted by Gasteiger charge is -2.12. The number of rotatable bonds is 6. The number of halogens is 3. The van der Waals surface area contributed by atoms with Gasteiger partial charge >= 0.3 is 12.1 Å². The van der Waals surface area contributed by atoms with Crippen LogP contribution in [-0.2, 0) is 22.1 Å². The molecule has 0 saturated carbocycles. The zero-order chi connectivity index (χ0) is 17.6. The van der Waals surface area contributed by atoms with Gasteiger partial charge in [-0.2, -0.15) is 13.2 Å². The molecule has 0 heterocycles. The fourth-order valence-corrected chi connectivity index (χ4v) is 2.27. The van der Waals surface area contributed by atoms with E-state index in [2.05, 4.69) is 0 Å². The number of hydrogen-bond donors (Lipinski definition) is 0. The van der Waals surface area contributed by atoms with Crippen LogP contribution in [0.2, 0.25) is 0 Å². The number of hydrogen-bond acceptors (Lipinski definition) is 2. The number of carbonyl (C=O) groups excluding carboxylic acids is 1. The SMILES string of the molecule is C[C@H](COC(=O)CCc1ccc(C(F)(F)F)cc1)c1ccccc1. The van der Waals surface area contributed by atoms with Gasteiger partial charge in [0.1, 0.15) is 0 Å². The Morgan fingerprint density at radius 3 is 2.25 bits per heavy atom. The van der Waals surface area contributed by atoms with E-state index < -0.39 is 11.7 Å². The number of alkyl halides is 3. The number of aryl methyl sites for hydroxylation is 1. The molecule has 5 heteroatoms. The maximum Gasteiger partial charge on any atom is 0.416 e. The summed E-state index contributed by atoms with van der Waals surface area (Å²) in [5.41, 5.74) is 1.08. The summed E-state index contributed by atoms with van der Waals surface area (Å²) in [7, 11) is 0. The molecule has 0 spiro atoms. The van der Waals surface area contributed by atoms with Crippen LogP contribution in [0.3, 0.4) is 0 Å². The molecule has 0 amide bonds. The van der Waals surface area contributed by atoms with Crippen molar-refractivity contribution in [2.45, 2.75) is 31.9 Å². The molecule has 0 aliphatic heterocycles. The van der Waals surface area contributed by atoms with Crippen molar-refractivity contribution in [2.24, 2.45) is 0 Å². The smallest absolute Gasteiger partial charge is 0.416 e. The van der Waals surface area contributed by atoms with Crippen molar-refractivity contribution >= 4 is 5.97 Å². The minimum Gasteiger partial charge on any atom is -0.465 e. The lowest BCUT2D eigenvalue weighted by molar-refractivity contribution is -0.144. The van der Waals surface area contributed by atoms with Crippen LogP contribution in [-0.4, -0.2) is 12.6 Å². The second-order valence-electron chi connectivity index (χ2n) is 5.69. The van der Waals surface area contributed by atoms with Crippen molar-refractivity contribution in [1.29, 1.82) is 0 Å². The van der Waals surface area contributed by atoms with E-state index in [1.54, 1.807) is 0 Å². The van der Waals surface area contributed by atoms with Gasteiger partial charge in [0.05, 0.1) is 12.2 Å². The van der Waals surface area contributed by atoms with E-state index in [1.807, 2.05) is 37.3 Å². The maximum atomic E-state index is 12.5. The molecule has 24 heavy (non-hydrogen) atoms. The highest BCUT2D eigenvalue weighted by Gasteiger charge is 2.29. The van der Waals surface area contributed by atoms with Crippen molar-refractivity contribution in [2.75, 3.05) is 6.61 Å². The quantitative estimate of drug-likeness (QED) is 0.695. The highest BCUT2D eigenvalue weighted by atomic mass is 19.4. The van der Waals surface area contributed by atoms with Gasteiger partial charge in [0.25, 0.3) is 0 Å². The van der Waals surface area contributed by atoms with Crippen molar-refractivity contribution < 1.29 is 22.7 Å². The van der Waals surface area contributed by atoms with Crippen LogP contribution in [0.15, 0.2) is 54.6 Å². The molecular weight excluding hydrogens is 317 g/mol. The standard InChI is InChI=1S/C19H19F3O2/c1-14(16-5-3-2-4-6-16)13-24-18(23)12-9-15-7-10-17(11-8-15)19(20,21)22/h2-8,10-11,14H,9,12-13H2,1H3/t14-/m1/s1. The summed E-state index contributed by atoms with van der Waals surface area (Å²) in [6, 6.07) is 14.6. The number of ether oxygens (including phenoxy) is 1. The second-order valence-corrected chi connectivity index (χ2v) is 5.69. The van der Waals surface area contributed by atoms with Gasteiger partial charge in [0.15, 0.2) is 0 Å². The fourth-order valence-electron chi connectivity index (χ4n) is 2.27. The molecule has 2 nitrogen and oxygen atoms in total. The third kappa shape index (κ3) is 5.41. The van der Waals surface area contributed by atoms with Gasteiger partial charge in [0.2, 0.25) is 0 Å². The molecule has 0 radical (unpaired) electrons. The molecule has 2 rings (SSSR count). The van der Waals surface area contributed by atoms with Gasteiger partial charge < -0.3 is 4.74 Å². The van der Waals surface area contributed by atoms with Crippen LogP contribution in [0.5, 0.6) is 0 Å². The highest BCUT2D eigenvalue weighted by molar-refractivity contribution is 5.69. The Bertz CT molecular complexity index is 649. The molecule has 1 atom stereocenters. The minimum atomic E-state index is -4.34. The monoisotopic (exact) mass is 336 g/mol. The first-order chi connectivity index (χ1) is 11.4. The zero-order valence-electron chi connectivity index (χ0n) is 13.3. The summed E-state index contributed by atoms with van der Waals surface area (Å²) in [6.07, 6.45) is -3.84. The Hall–Kier alpha value is -2.30. The normalized spacial score (nSPS) is 12.7. The third-order valence-corrected chi connectivity index (χ3v) is 3.76. The average Bonchev–Trinajstić information content (AvgIpc) is 2.58. The molecule has 0 aromatic heterocycles. The van der Waals surface area contributed by atoms with E-state index in [-0.39, 0.29) is 24.9 Å². The van der Waals surface area contributed by atoms with Crippen molar-refractivity contribution in [3.05, 3.63) is 71.3 Å². The van der Waals surface area contributed by atoms with Gasteiger partial charge in [-0.1, -0.05) is 49.4 Å². The molecule has 0 aliphatic rings. The summed E-state index contributed by atoms with van der Waals surface area (Å²) in [5, 5.41) is 0. The Morgan fingerprint density at radius 2 is 1.67 bits per heavy atom. The summed E-state index contributed by atoms with van der Waals surface area (Å²) in [6.45, 7) is 2.26. The first-order valence-electron chi connectivity index (χ1n) is 7.73. The number of esters is 1. The summed E-state index contributed by atoms with van der Waals surface area (Å²) < 4.78 is 42.7. The zero-order valence-corrected chi connectivity index (χ0v) is 13.3. The van der Waals surface area contributed by atoms with Gasteiger partial charge in [-0.05, 0) is 29.7 Å². The van der Waals surface area contributed by atoms with E-state index in [9.17, 15) is 18.0 Å². The lowest BCUT2D eigenvalue weighted by atomic mass is 10.0. The predicted octanol–water partition coefficient (Wildman–Crippen LogP) is 4.98. The Balaban J connectivity index is 1.77. The van der Waals surface area contributed by atoms with Crippen LogP contribution in [0.1, 0.15) is 36.0 Å². The first kappa shape index (κ1) is 18.0. The highest BCUT2D eigenvalue weighted by Crippen LogP contribution is 2.29. The van der Waals surface area contributed by atoms with Crippen LogP contribution in [0.25, 0.3) is 0 Å². The van der Waals surface area contributed by atoms with E-state index in [0.717, 1.165) is 17.7 Å². The summed E-state index contributed by atoms with van der Waals surface area (Å²) in [4.78, 5) is 11.8. The van der Waals surface area contributed by atoms with Crippen LogP contribution in [0, 0.1) is 0 Å². The van der Waals surface area contributed by atoms with Gasteiger partial charge in [-0.3, -0.25) is 4.79 Å². The van der Waals surface area contributed by atoms with Gasteiger partial charge in [0, 0.05) is 12.3 Å². The summed E-state index contributed by atoms with van der Waals surface area (Å²) >= 11 is 0. The van der Waals surface area contributed by atoms with Gasteiger partial charge in [-0.15, -0.1) is 0 Å². The average molecular weight is 336 g/mol. The molecule has 128 valence electrons. The van der Waals surface area contributed by atoms with Crippen molar-refractivity contribution in [3.63, 3.8) is 0 Å². The van der Waals surface area contributed by atoms with E-state index in [0.29, 0.717) is 12.0 Å². The molecule has 0 saturated heterocycles. The number of carbonyl (C=O) groups is 1. The van der Waals surface area contributed by atoms with E-state index in [1.165, 1.54) is 12.1 Å². The third-order valence-electron chi connectivity index (χ3n) is 3.76. The number of benzene rings is 2. The molecule has 0 fully saturated rings. The molecule has 2 aromatic rings. The largest absolute Gasteiger partial charge is 0.465 e. The topological polar surface area (TPSA) is 26.3 Å². The van der Waals surface area contributed by atoms with E-state index in [4.69, 9.17) is 4.74 Å². The molecule has 2 aromatic carbocycles. The molecule has 0 N–H and O–H groups in total. The lowest BCUT2D eigenvalue weighted by Crippen LogP contribution is -2.11. The van der Waals surface area contributed by atoms with Crippen LogP contribution >= 0.6 is 0 Å². The molecular formula is C19H19F3O2. The Morgan fingerprint density at radius 1 is 1.04 bits per heavy atom. The van der Waals surface area contributed by atoms with Gasteiger partial charge in [-0.25, -0.2) is 0 Å². The molecule has 0 aliphatic carbocycles. The Kier molecular flexibility index (Phi) is 6.01. The van der Waals surface area contributed by atoms with Crippen LogP contribution < -0.4 is 0 Å². The Labute approximate surface area is 139 Å². The van der Waals surface area contributed by atoms with Crippen LogP contribution in [0.4, 0.5) is 13.2 Å². The summed E-state index contributed by atoms with van der Waals surface area (Å²) in [5.74, 6) is -0.251. The fraction of sp³-hybridized carbons (Fsp3) is 0.316.